The van der Waals surface area contributed by atoms with Crippen LogP contribution in [-0.4, -0.2) is 27.5 Å². The van der Waals surface area contributed by atoms with Crippen LogP contribution in [0.5, 0.6) is 5.75 Å². The first-order chi connectivity index (χ1) is 16.1. The van der Waals surface area contributed by atoms with Crippen molar-refractivity contribution in [1.82, 2.24) is 0 Å². The second kappa shape index (κ2) is 10.5. The third-order valence-electron chi connectivity index (χ3n) is 5.11. The van der Waals surface area contributed by atoms with E-state index in [9.17, 15) is 18.0 Å². The first-order valence-electron chi connectivity index (χ1n) is 10.3. The number of esters is 2. The minimum atomic E-state index is -4.05. The Hall–Kier alpha value is -3.69. The van der Waals surface area contributed by atoms with E-state index in [1.807, 2.05) is 13.0 Å². The molecule has 34 heavy (non-hydrogen) atoms. The summed E-state index contributed by atoms with van der Waals surface area (Å²) in [4.78, 5) is 24.9. The monoisotopic (exact) mass is 483 g/mol. The van der Waals surface area contributed by atoms with Crippen LogP contribution in [0.1, 0.15) is 23.1 Å². The van der Waals surface area contributed by atoms with Gasteiger partial charge < -0.3 is 19.4 Å². The number of aryl methyl sites for hydroxylation is 1. The van der Waals surface area contributed by atoms with Gasteiger partial charge in [-0.1, -0.05) is 60.2 Å². The molecule has 0 aliphatic rings. The van der Waals surface area contributed by atoms with E-state index in [4.69, 9.17) is 19.4 Å². The lowest BCUT2D eigenvalue weighted by molar-refractivity contribution is -0.157. The van der Waals surface area contributed by atoms with Crippen LogP contribution in [0.25, 0.3) is 0 Å². The Bertz CT molecular complexity index is 1240. The van der Waals surface area contributed by atoms with E-state index in [1.165, 1.54) is 43.5 Å². The Morgan fingerprint density at radius 2 is 1.53 bits per heavy atom. The maximum atomic E-state index is 12.9. The maximum Gasteiger partial charge on any atom is 0.339 e. The van der Waals surface area contributed by atoms with Crippen LogP contribution < -0.4 is 9.92 Å². The summed E-state index contributed by atoms with van der Waals surface area (Å²) in [7, 11) is -2.87. The van der Waals surface area contributed by atoms with Gasteiger partial charge in [-0.25, -0.2) is 4.79 Å². The smallest absolute Gasteiger partial charge is 0.339 e. The highest BCUT2D eigenvalue weighted by molar-refractivity contribution is 7.87. The Labute approximate surface area is 198 Å². The standard InChI is InChI=1S/C25H25NO7S/c1-18-8-14-22(15-9-18)34(29,30)33-21-12-10-20(11-13-21)25(26,16-23(27)31-2)24(28)32-17-19-6-4-3-5-7-19/h3-15H,16-17,26H2,1-2H3. The van der Waals surface area contributed by atoms with E-state index in [1.54, 1.807) is 36.4 Å². The molecular formula is C25H25NO7S. The number of rotatable bonds is 9. The second-order valence-corrected chi connectivity index (χ2v) is 9.21. The predicted molar refractivity (Wildman–Crippen MR) is 124 cm³/mol. The second-order valence-electron chi connectivity index (χ2n) is 7.66. The summed E-state index contributed by atoms with van der Waals surface area (Å²) in [5, 5.41) is 0. The van der Waals surface area contributed by atoms with Gasteiger partial charge in [-0.15, -0.1) is 0 Å². The minimum Gasteiger partial charge on any atom is -0.469 e. The molecule has 0 spiro atoms. The van der Waals surface area contributed by atoms with E-state index in [2.05, 4.69) is 0 Å². The van der Waals surface area contributed by atoms with Crippen LogP contribution in [0.4, 0.5) is 0 Å². The third-order valence-corrected chi connectivity index (χ3v) is 6.37. The van der Waals surface area contributed by atoms with E-state index in [-0.39, 0.29) is 22.8 Å². The number of hydrogen-bond acceptors (Lipinski definition) is 8. The van der Waals surface area contributed by atoms with Gasteiger partial charge in [0.1, 0.15) is 17.3 Å². The average molecular weight is 484 g/mol. The summed E-state index contributed by atoms with van der Waals surface area (Å²) in [6.45, 7) is 1.81. The average Bonchev–Trinajstić information content (AvgIpc) is 2.83. The lowest BCUT2D eigenvalue weighted by atomic mass is 9.87. The van der Waals surface area contributed by atoms with Gasteiger partial charge in [-0.2, -0.15) is 8.42 Å². The number of carbonyl (C=O) groups excluding carboxylic acids is 2. The lowest BCUT2D eigenvalue weighted by Gasteiger charge is -2.27. The summed E-state index contributed by atoms with van der Waals surface area (Å²) in [6, 6.07) is 20.7. The van der Waals surface area contributed by atoms with Gasteiger partial charge in [-0.3, -0.25) is 4.79 Å². The molecule has 0 saturated carbocycles. The SMILES string of the molecule is COC(=O)CC(N)(C(=O)OCc1ccccc1)c1ccc(OS(=O)(=O)c2ccc(C)cc2)cc1. The topological polar surface area (TPSA) is 122 Å². The molecule has 3 rings (SSSR count). The van der Waals surface area contributed by atoms with Crippen molar-refractivity contribution in [3.63, 3.8) is 0 Å². The number of benzene rings is 3. The molecule has 3 aromatic carbocycles. The van der Waals surface area contributed by atoms with Gasteiger partial charge in [0, 0.05) is 0 Å². The fraction of sp³-hybridized carbons (Fsp3) is 0.200. The Balaban J connectivity index is 1.81. The minimum absolute atomic E-state index is 0.00512. The van der Waals surface area contributed by atoms with E-state index < -0.39 is 34.0 Å². The molecule has 178 valence electrons. The van der Waals surface area contributed by atoms with Crippen LogP contribution in [0.3, 0.4) is 0 Å². The van der Waals surface area contributed by atoms with Crippen molar-refractivity contribution in [3.05, 3.63) is 95.6 Å². The number of methoxy groups -OCH3 is 1. The van der Waals surface area contributed by atoms with Gasteiger partial charge in [0.2, 0.25) is 0 Å². The molecule has 0 amide bonds. The van der Waals surface area contributed by atoms with E-state index >= 15 is 0 Å². The van der Waals surface area contributed by atoms with Crippen LogP contribution >= 0.6 is 0 Å². The first kappa shape index (κ1) is 24.9. The van der Waals surface area contributed by atoms with E-state index in [0.717, 1.165) is 11.1 Å². The zero-order valence-corrected chi connectivity index (χ0v) is 19.6. The number of nitrogens with two attached hydrogens (primary N) is 1. The molecule has 1 atom stereocenters. The summed E-state index contributed by atoms with van der Waals surface area (Å²) in [5.74, 6) is -1.52. The van der Waals surface area contributed by atoms with Crippen molar-refractivity contribution >= 4 is 22.1 Å². The van der Waals surface area contributed by atoms with Crippen molar-refractivity contribution in [2.45, 2.75) is 30.4 Å². The van der Waals surface area contributed by atoms with Crippen molar-refractivity contribution in [2.75, 3.05) is 7.11 Å². The molecule has 9 heteroatoms. The molecule has 0 bridgehead atoms. The first-order valence-corrected chi connectivity index (χ1v) is 11.7. The molecule has 1 unspecified atom stereocenters. The van der Waals surface area contributed by atoms with Gasteiger partial charge in [-0.05, 0) is 42.3 Å². The normalized spacial score (nSPS) is 12.9. The maximum absolute atomic E-state index is 12.9. The molecule has 8 nitrogen and oxygen atoms in total. The van der Waals surface area contributed by atoms with Crippen LogP contribution in [0.2, 0.25) is 0 Å². The van der Waals surface area contributed by atoms with Crippen molar-refractivity contribution in [3.8, 4) is 5.75 Å². The van der Waals surface area contributed by atoms with Gasteiger partial charge in [0.15, 0.2) is 5.54 Å². The fourth-order valence-electron chi connectivity index (χ4n) is 3.13. The van der Waals surface area contributed by atoms with Crippen molar-refractivity contribution in [2.24, 2.45) is 5.73 Å². The molecule has 2 N–H and O–H groups in total. The van der Waals surface area contributed by atoms with Crippen LogP contribution in [0, 0.1) is 6.92 Å². The molecular weight excluding hydrogens is 458 g/mol. The van der Waals surface area contributed by atoms with Crippen molar-refractivity contribution in [1.29, 1.82) is 0 Å². The molecule has 0 aromatic heterocycles. The summed E-state index contributed by atoms with van der Waals surface area (Å²) < 4.78 is 40.3. The quantitative estimate of drug-likeness (QED) is 0.364. The fourth-order valence-corrected chi connectivity index (χ4v) is 4.06. The zero-order chi connectivity index (χ0) is 24.8. The largest absolute Gasteiger partial charge is 0.469 e. The van der Waals surface area contributed by atoms with Crippen LogP contribution in [-0.2, 0) is 41.3 Å². The Kier molecular flexibility index (Phi) is 7.70. The lowest BCUT2D eigenvalue weighted by Crippen LogP contribution is -2.48. The van der Waals surface area contributed by atoms with Gasteiger partial charge in [0.05, 0.1) is 13.5 Å². The highest BCUT2D eigenvalue weighted by Gasteiger charge is 2.40. The predicted octanol–water partition coefficient (Wildman–Crippen LogP) is 3.22. The van der Waals surface area contributed by atoms with E-state index in [0.29, 0.717) is 0 Å². The van der Waals surface area contributed by atoms with Gasteiger partial charge >= 0.3 is 22.1 Å². The molecule has 0 radical (unpaired) electrons. The Morgan fingerprint density at radius 3 is 2.12 bits per heavy atom. The number of ether oxygens (including phenoxy) is 2. The number of hydrogen-bond donors (Lipinski definition) is 1. The summed E-state index contributed by atoms with van der Waals surface area (Å²) in [6.07, 6.45) is -0.473. The molecule has 0 saturated heterocycles. The zero-order valence-electron chi connectivity index (χ0n) is 18.8. The molecule has 0 fully saturated rings. The molecule has 0 aliphatic carbocycles. The van der Waals surface area contributed by atoms with Crippen molar-refractivity contribution < 1.29 is 31.7 Å². The third kappa shape index (κ3) is 6.00. The van der Waals surface area contributed by atoms with Gasteiger partial charge in [0.25, 0.3) is 0 Å². The molecule has 0 heterocycles. The summed E-state index contributed by atoms with van der Waals surface area (Å²) >= 11 is 0. The molecule has 3 aromatic rings. The highest BCUT2D eigenvalue weighted by Crippen LogP contribution is 2.28. The molecule has 0 aliphatic heterocycles. The highest BCUT2D eigenvalue weighted by atomic mass is 32.2. The number of carbonyl (C=O) groups is 2. The van der Waals surface area contributed by atoms with Crippen LogP contribution in [0.15, 0.2) is 83.8 Å². The Morgan fingerprint density at radius 1 is 0.912 bits per heavy atom. The summed E-state index contributed by atoms with van der Waals surface area (Å²) in [5.41, 5.74) is 6.39.